The highest BCUT2D eigenvalue weighted by Crippen LogP contribution is 2.13. The van der Waals surface area contributed by atoms with Crippen molar-refractivity contribution in [1.82, 2.24) is 0 Å². The summed E-state index contributed by atoms with van der Waals surface area (Å²) >= 11 is 0. The van der Waals surface area contributed by atoms with E-state index in [2.05, 4.69) is 0 Å². The lowest BCUT2D eigenvalue weighted by atomic mass is 10.1. The van der Waals surface area contributed by atoms with Gasteiger partial charge in [-0.15, -0.1) is 0 Å². The van der Waals surface area contributed by atoms with Crippen LogP contribution in [0.5, 0.6) is 5.75 Å². The summed E-state index contributed by atoms with van der Waals surface area (Å²) in [5.74, 6) is 0.151. The smallest absolute Gasteiger partial charge is 0.185 e. The number of allylic oxidation sites excluding steroid dienone is 1. The van der Waals surface area contributed by atoms with E-state index in [1.807, 2.05) is 37.3 Å². The number of hydrogen-bond acceptors (Lipinski definition) is 2. The summed E-state index contributed by atoms with van der Waals surface area (Å²) in [7, 11) is 0. The summed E-state index contributed by atoms with van der Waals surface area (Å²) in [6.45, 7) is 1.98. The van der Waals surface area contributed by atoms with Gasteiger partial charge in [0.25, 0.3) is 0 Å². The van der Waals surface area contributed by atoms with E-state index in [0.717, 1.165) is 11.1 Å². The molecule has 0 spiro atoms. The number of aryl methyl sites for hydroxylation is 1. The summed E-state index contributed by atoms with van der Waals surface area (Å²) in [4.78, 5) is 11.9. The van der Waals surface area contributed by atoms with Crippen molar-refractivity contribution >= 4 is 11.9 Å². The van der Waals surface area contributed by atoms with Gasteiger partial charge in [-0.1, -0.05) is 48.0 Å². The minimum atomic E-state index is -0.0432. The van der Waals surface area contributed by atoms with Gasteiger partial charge in [-0.2, -0.15) is 0 Å². The van der Waals surface area contributed by atoms with Gasteiger partial charge in [0, 0.05) is 5.56 Å². The van der Waals surface area contributed by atoms with Gasteiger partial charge in [-0.25, -0.2) is 0 Å². The quantitative estimate of drug-likeness (QED) is 0.655. The summed E-state index contributed by atoms with van der Waals surface area (Å²) < 4.78 is 0. The average molecular weight is 238 g/mol. The van der Waals surface area contributed by atoms with Gasteiger partial charge in [0.05, 0.1) is 0 Å². The molecule has 0 saturated heterocycles. The highest BCUT2D eigenvalue weighted by atomic mass is 16.3. The predicted octanol–water partition coefficient (Wildman–Crippen LogP) is 3.60. The third-order valence-electron chi connectivity index (χ3n) is 2.63. The Kier molecular flexibility index (Phi) is 3.58. The molecule has 90 valence electrons. The first-order valence-corrected chi connectivity index (χ1v) is 5.73. The van der Waals surface area contributed by atoms with Crippen LogP contribution in [0.3, 0.4) is 0 Å². The monoisotopic (exact) mass is 238 g/mol. The Hall–Kier alpha value is -2.35. The SMILES string of the molecule is Cc1ccc(C(=O)/C=C\c2cccc(O)c2)cc1. The first-order valence-electron chi connectivity index (χ1n) is 5.73. The Labute approximate surface area is 106 Å². The number of benzene rings is 2. The molecule has 0 atom stereocenters. The molecule has 0 aliphatic carbocycles. The molecule has 2 nitrogen and oxygen atoms in total. The van der Waals surface area contributed by atoms with Gasteiger partial charge < -0.3 is 5.11 Å². The van der Waals surface area contributed by atoms with Crippen molar-refractivity contribution in [2.24, 2.45) is 0 Å². The zero-order valence-corrected chi connectivity index (χ0v) is 10.1. The fraction of sp³-hybridized carbons (Fsp3) is 0.0625. The van der Waals surface area contributed by atoms with E-state index in [1.165, 1.54) is 6.08 Å². The van der Waals surface area contributed by atoms with Crippen LogP contribution in [-0.4, -0.2) is 10.9 Å². The number of phenols is 1. The van der Waals surface area contributed by atoms with Crippen molar-refractivity contribution in [3.63, 3.8) is 0 Å². The molecule has 1 N–H and O–H groups in total. The van der Waals surface area contributed by atoms with E-state index < -0.39 is 0 Å². The van der Waals surface area contributed by atoms with Gasteiger partial charge in [0.2, 0.25) is 0 Å². The molecule has 0 aliphatic heterocycles. The Morgan fingerprint density at radius 2 is 1.83 bits per heavy atom. The maximum absolute atomic E-state index is 11.9. The van der Waals surface area contributed by atoms with E-state index in [1.54, 1.807) is 24.3 Å². The van der Waals surface area contributed by atoms with Gasteiger partial charge in [-0.05, 0) is 30.7 Å². The van der Waals surface area contributed by atoms with Crippen molar-refractivity contribution < 1.29 is 9.90 Å². The largest absolute Gasteiger partial charge is 0.508 e. The number of aromatic hydroxyl groups is 1. The van der Waals surface area contributed by atoms with Crippen molar-refractivity contribution in [3.05, 3.63) is 71.3 Å². The molecular weight excluding hydrogens is 224 g/mol. The lowest BCUT2D eigenvalue weighted by molar-refractivity contribution is 0.104. The third-order valence-corrected chi connectivity index (χ3v) is 2.63. The van der Waals surface area contributed by atoms with Crippen LogP contribution in [0.25, 0.3) is 6.08 Å². The van der Waals surface area contributed by atoms with E-state index >= 15 is 0 Å². The van der Waals surface area contributed by atoms with Gasteiger partial charge in [-0.3, -0.25) is 4.79 Å². The van der Waals surface area contributed by atoms with E-state index in [-0.39, 0.29) is 11.5 Å². The number of ketones is 1. The maximum atomic E-state index is 11.9. The van der Waals surface area contributed by atoms with Crippen molar-refractivity contribution in [3.8, 4) is 5.75 Å². The van der Waals surface area contributed by atoms with E-state index in [0.29, 0.717) is 5.56 Å². The van der Waals surface area contributed by atoms with Crippen LogP contribution in [0.2, 0.25) is 0 Å². The van der Waals surface area contributed by atoms with Gasteiger partial charge in [0.1, 0.15) is 5.75 Å². The molecule has 0 heterocycles. The number of carbonyl (C=O) groups excluding carboxylic acids is 1. The Morgan fingerprint density at radius 3 is 2.50 bits per heavy atom. The minimum absolute atomic E-state index is 0.0432. The molecule has 0 unspecified atom stereocenters. The molecule has 0 aliphatic rings. The van der Waals surface area contributed by atoms with Crippen molar-refractivity contribution in [2.75, 3.05) is 0 Å². The minimum Gasteiger partial charge on any atom is -0.508 e. The molecule has 18 heavy (non-hydrogen) atoms. The second-order valence-corrected chi connectivity index (χ2v) is 4.16. The lowest BCUT2D eigenvalue weighted by Gasteiger charge is -1.97. The molecule has 0 saturated carbocycles. The van der Waals surface area contributed by atoms with Crippen LogP contribution < -0.4 is 0 Å². The molecule has 2 heteroatoms. The molecule has 0 radical (unpaired) electrons. The van der Waals surface area contributed by atoms with Gasteiger partial charge >= 0.3 is 0 Å². The lowest BCUT2D eigenvalue weighted by Crippen LogP contribution is -1.93. The fourth-order valence-electron chi connectivity index (χ4n) is 1.61. The topological polar surface area (TPSA) is 37.3 Å². The van der Waals surface area contributed by atoms with E-state index in [4.69, 9.17) is 0 Å². The molecule has 0 fully saturated rings. The molecule has 2 aromatic rings. The highest BCUT2D eigenvalue weighted by molar-refractivity contribution is 6.06. The first kappa shape index (κ1) is 12.1. The summed E-state index contributed by atoms with van der Waals surface area (Å²) in [5.41, 5.74) is 2.59. The normalized spacial score (nSPS) is 10.7. The Bertz CT molecular complexity index is 580. The number of hydrogen-bond donors (Lipinski definition) is 1. The molecule has 0 amide bonds. The van der Waals surface area contributed by atoms with Crippen LogP contribution in [0.4, 0.5) is 0 Å². The standard InChI is InChI=1S/C16H14O2/c1-12-5-8-14(9-6-12)16(18)10-7-13-3-2-4-15(17)11-13/h2-11,17H,1H3/b10-7-. The van der Waals surface area contributed by atoms with Crippen LogP contribution in [0.15, 0.2) is 54.6 Å². The van der Waals surface area contributed by atoms with Crippen LogP contribution in [0.1, 0.15) is 21.5 Å². The first-order chi connectivity index (χ1) is 8.65. The maximum Gasteiger partial charge on any atom is 0.185 e. The fourth-order valence-corrected chi connectivity index (χ4v) is 1.61. The number of carbonyl (C=O) groups is 1. The third kappa shape index (κ3) is 3.08. The second-order valence-electron chi connectivity index (χ2n) is 4.16. The van der Waals surface area contributed by atoms with Gasteiger partial charge in [0.15, 0.2) is 5.78 Å². The molecule has 0 bridgehead atoms. The highest BCUT2D eigenvalue weighted by Gasteiger charge is 2.00. The molecule has 2 rings (SSSR count). The second kappa shape index (κ2) is 5.32. The predicted molar refractivity (Wildman–Crippen MR) is 72.7 cm³/mol. The van der Waals surface area contributed by atoms with Crippen molar-refractivity contribution in [1.29, 1.82) is 0 Å². The zero-order chi connectivity index (χ0) is 13.0. The summed E-state index contributed by atoms with van der Waals surface area (Å²) in [6.07, 6.45) is 3.21. The summed E-state index contributed by atoms with van der Waals surface area (Å²) in [6, 6.07) is 14.2. The van der Waals surface area contributed by atoms with E-state index in [9.17, 15) is 9.90 Å². The van der Waals surface area contributed by atoms with Crippen LogP contribution >= 0.6 is 0 Å². The van der Waals surface area contributed by atoms with Crippen LogP contribution in [0, 0.1) is 6.92 Å². The molecule has 0 aromatic heterocycles. The van der Waals surface area contributed by atoms with Crippen molar-refractivity contribution in [2.45, 2.75) is 6.92 Å². The Morgan fingerprint density at radius 1 is 1.11 bits per heavy atom. The average Bonchev–Trinajstić information content (AvgIpc) is 2.37. The number of phenolic OH excluding ortho intramolecular Hbond substituents is 1. The molecular formula is C16H14O2. The van der Waals surface area contributed by atoms with Crippen LogP contribution in [-0.2, 0) is 0 Å². The molecule has 2 aromatic carbocycles. The number of rotatable bonds is 3. The summed E-state index contributed by atoms with van der Waals surface area (Å²) in [5, 5.41) is 9.31. The zero-order valence-electron chi connectivity index (χ0n) is 10.1. The Balaban J connectivity index is 2.14.